The number of aliphatic hydroxyl groups is 2. The van der Waals surface area contributed by atoms with E-state index in [4.69, 9.17) is 5.11 Å². The summed E-state index contributed by atoms with van der Waals surface area (Å²) in [5.74, 6) is 0.841. The van der Waals surface area contributed by atoms with Gasteiger partial charge in [-0.05, 0) is 37.0 Å². The summed E-state index contributed by atoms with van der Waals surface area (Å²) >= 11 is 0. The molecule has 1 aliphatic carbocycles. The average Bonchev–Trinajstić information content (AvgIpc) is 2.36. The molecule has 3 nitrogen and oxygen atoms in total. The van der Waals surface area contributed by atoms with Gasteiger partial charge in [-0.2, -0.15) is 0 Å². The predicted molar refractivity (Wildman–Crippen MR) is 70.9 cm³/mol. The Morgan fingerprint density at radius 1 is 1.24 bits per heavy atom. The van der Waals surface area contributed by atoms with Gasteiger partial charge in [-0.15, -0.1) is 0 Å². The highest BCUT2D eigenvalue weighted by Gasteiger charge is 2.31. The first-order valence-electron chi connectivity index (χ1n) is 7.02. The molecule has 0 aliphatic heterocycles. The van der Waals surface area contributed by atoms with E-state index in [0.29, 0.717) is 18.0 Å². The Labute approximate surface area is 106 Å². The lowest BCUT2D eigenvalue weighted by atomic mass is 9.69. The summed E-state index contributed by atoms with van der Waals surface area (Å²) in [5, 5.41) is 21.4. The summed E-state index contributed by atoms with van der Waals surface area (Å²) in [7, 11) is 0. The van der Waals surface area contributed by atoms with Gasteiger partial charge in [0, 0.05) is 12.6 Å². The highest BCUT2D eigenvalue weighted by atomic mass is 16.3. The molecule has 0 aromatic heterocycles. The van der Waals surface area contributed by atoms with Crippen molar-refractivity contribution in [2.24, 2.45) is 11.3 Å². The maximum absolute atomic E-state index is 9.30. The third-order valence-electron chi connectivity index (χ3n) is 4.60. The standard InChI is InChI=1S/C14H29NO2/c1-4-14(2,3)11-5-7-12(8-6-11)15-9-13(17)10-16/h11-13,15-17H,4-10H2,1-3H3. The van der Waals surface area contributed by atoms with Gasteiger partial charge in [-0.1, -0.05) is 27.2 Å². The summed E-state index contributed by atoms with van der Waals surface area (Å²) in [5.41, 5.74) is 0.468. The summed E-state index contributed by atoms with van der Waals surface area (Å²) in [6.45, 7) is 7.40. The van der Waals surface area contributed by atoms with Crippen LogP contribution in [0.4, 0.5) is 0 Å². The second-order valence-electron chi connectivity index (χ2n) is 6.14. The highest BCUT2D eigenvalue weighted by Crippen LogP contribution is 2.40. The number of aliphatic hydroxyl groups excluding tert-OH is 2. The minimum absolute atomic E-state index is 0.148. The highest BCUT2D eigenvalue weighted by molar-refractivity contribution is 4.85. The molecule has 1 unspecified atom stereocenters. The van der Waals surface area contributed by atoms with E-state index >= 15 is 0 Å². The Balaban J connectivity index is 2.26. The van der Waals surface area contributed by atoms with Crippen molar-refractivity contribution in [2.45, 2.75) is 65.0 Å². The third-order valence-corrected chi connectivity index (χ3v) is 4.60. The van der Waals surface area contributed by atoms with Gasteiger partial charge < -0.3 is 15.5 Å². The van der Waals surface area contributed by atoms with E-state index in [9.17, 15) is 5.11 Å². The second-order valence-corrected chi connectivity index (χ2v) is 6.14. The van der Waals surface area contributed by atoms with Gasteiger partial charge in [0.05, 0.1) is 12.7 Å². The van der Waals surface area contributed by atoms with Gasteiger partial charge in [0.25, 0.3) is 0 Å². The Morgan fingerprint density at radius 3 is 2.29 bits per heavy atom. The van der Waals surface area contributed by atoms with Crippen molar-refractivity contribution in [3.63, 3.8) is 0 Å². The van der Waals surface area contributed by atoms with E-state index in [1.54, 1.807) is 0 Å². The van der Waals surface area contributed by atoms with E-state index in [0.717, 1.165) is 5.92 Å². The minimum atomic E-state index is -0.611. The normalized spacial score (nSPS) is 28.1. The van der Waals surface area contributed by atoms with Crippen LogP contribution in [0.1, 0.15) is 52.9 Å². The van der Waals surface area contributed by atoms with Crippen molar-refractivity contribution in [2.75, 3.05) is 13.2 Å². The second kappa shape index (κ2) is 6.72. The largest absolute Gasteiger partial charge is 0.394 e. The zero-order valence-corrected chi connectivity index (χ0v) is 11.6. The Bertz CT molecular complexity index is 210. The van der Waals surface area contributed by atoms with Crippen molar-refractivity contribution in [3.05, 3.63) is 0 Å². The Hall–Kier alpha value is -0.120. The predicted octanol–water partition coefficient (Wildman–Crippen LogP) is 1.92. The molecule has 0 spiro atoms. The fraction of sp³-hybridized carbons (Fsp3) is 1.00. The Kier molecular flexibility index (Phi) is 5.90. The first-order valence-corrected chi connectivity index (χ1v) is 7.02. The lowest BCUT2D eigenvalue weighted by molar-refractivity contribution is 0.0849. The Morgan fingerprint density at radius 2 is 1.82 bits per heavy atom. The molecule has 3 N–H and O–H groups in total. The van der Waals surface area contributed by atoms with Crippen molar-refractivity contribution in [1.82, 2.24) is 5.32 Å². The monoisotopic (exact) mass is 243 g/mol. The molecule has 102 valence electrons. The van der Waals surface area contributed by atoms with E-state index in [2.05, 4.69) is 26.1 Å². The maximum atomic E-state index is 9.30. The molecule has 3 heteroatoms. The zero-order valence-electron chi connectivity index (χ0n) is 11.6. The van der Waals surface area contributed by atoms with Crippen molar-refractivity contribution < 1.29 is 10.2 Å². The van der Waals surface area contributed by atoms with Crippen LogP contribution in [-0.4, -0.2) is 35.5 Å². The van der Waals surface area contributed by atoms with E-state index in [1.807, 2.05) is 0 Å². The molecule has 1 fully saturated rings. The quantitative estimate of drug-likeness (QED) is 0.668. The SMILES string of the molecule is CCC(C)(C)C1CCC(NCC(O)CO)CC1. The smallest absolute Gasteiger partial charge is 0.0895 e. The van der Waals surface area contributed by atoms with Crippen molar-refractivity contribution in [1.29, 1.82) is 0 Å². The fourth-order valence-electron chi connectivity index (χ4n) is 2.73. The molecular weight excluding hydrogens is 214 g/mol. The molecule has 0 aromatic carbocycles. The molecule has 17 heavy (non-hydrogen) atoms. The summed E-state index contributed by atoms with van der Waals surface area (Å²) in [6.07, 6.45) is 5.61. The van der Waals surface area contributed by atoms with Crippen LogP contribution >= 0.6 is 0 Å². The van der Waals surface area contributed by atoms with Crippen LogP contribution in [0, 0.1) is 11.3 Å². The van der Waals surface area contributed by atoms with E-state index < -0.39 is 6.10 Å². The lowest BCUT2D eigenvalue weighted by Crippen LogP contribution is -2.40. The number of hydrogen-bond donors (Lipinski definition) is 3. The summed E-state index contributed by atoms with van der Waals surface area (Å²) in [6, 6.07) is 0.528. The first kappa shape index (κ1) is 14.9. The molecule has 0 radical (unpaired) electrons. The topological polar surface area (TPSA) is 52.5 Å². The van der Waals surface area contributed by atoms with Crippen LogP contribution in [0.3, 0.4) is 0 Å². The van der Waals surface area contributed by atoms with Gasteiger partial charge >= 0.3 is 0 Å². The van der Waals surface area contributed by atoms with Gasteiger partial charge in [-0.25, -0.2) is 0 Å². The zero-order chi connectivity index (χ0) is 12.9. The molecule has 0 heterocycles. The van der Waals surface area contributed by atoms with Crippen LogP contribution in [0.25, 0.3) is 0 Å². The van der Waals surface area contributed by atoms with Gasteiger partial charge in [0.2, 0.25) is 0 Å². The van der Waals surface area contributed by atoms with Crippen LogP contribution in [0.5, 0.6) is 0 Å². The average molecular weight is 243 g/mol. The lowest BCUT2D eigenvalue weighted by Gasteiger charge is -2.39. The minimum Gasteiger partial charge on any atom is -0.394 e. The molecule has 1 rings (SSSR count). The van der Waals surface area contributed by atoms with Crippen molar-refractivity contribution in [3.8, 4) is 0 Å². The van der Waals surface area contributed by atoms with Crippen LogP contribution in [-0.2, 0) is 0 Å². The van der Waals surface area contributed by atoms with Crippen molar-refractivity contribution >= 4 is 0 Å². The van der Waals surface area contributed by atoms with E-state index in [1.165, 1.54) is 32.1 Å². The van der Waals surface area contributed by atoms with E-state index in [-0.39, 0.29) is 6.61 Å². The maximum Gasteiger partial charge on any atom is 0.0895 e. The first-order chi connectivity index (χ1) is 7.99. The molecule has 1 saturated carbocycles. The third kappa shape index (κ3) is 4.57. The molecule has 0 aromatic rings. The van der Waals surface area contributed by atoms with Gasteiger partial charge in [0.15, 0.2) is 0 Å². The summed E-state index contributed by atoms with van der Waals surface area (Å²) < 4.78 is 0. The van der Waals surface area contributed by atoms with Gasteiger partial charge in [-0.3, -0.25) is 0 Å². The van der Waals surface area contributed by atoms with Crippen LogP contribution < -0.4 is 5.32 Å². The molecule has 1 atom stereocenters. The molecule has 0 amide bonds. The molecule has 0 saturated heterocycles. The number of hydrogen-bond acceptors (Lipinski definition) is 3. The molecule has 1 aliphatic rings. The molecular formula is C14H29NO2. The molecule has 0 bridgehead atoms. The fourth-order valence-corrected chi connectivity index (χ4v) is 2.73. The van der Waals surface area contributed by atoms with Crippen LogP contribution in [0.2, 0.25) is 0 Å². The van der Waals surface area contributed by atoms with Gasteiger partial charge in [0.1, 0.15) is 0 Å². The summed E-state index contributed by atoms with van der Waals surface area (Å²) in [4.78, 5) is 0. The number of nitrogens with one attached hydrogen (secondary N) is 1. The van der Waals surface area contributed by atoms with Crippen LogP contribution in [0.15, 0.2) is 0 Å². The number of rotatable bonds is 6.